The molecular formula is C13H15N5O3. The minimum Gasteiger partial charge on any atom is -0.480 e. The minimum atomic E-state index is -1.21. The van der Waals surface area contributed by atoms with Crippen molar-refractivity contribution in [3.05, 3.63) is 24.3 Å². The van der Waals surface area contributed by atoms with Crippen LogP contribution in [0.5, 0.6) is 0 Å². The Hall–Kier alpha value is -2.51. The maximum atomic E-state index is 12.6. The van der Waals surface area contributed by atoms with Crippen LogP contribution in [-0.4, -0.2) is 53.5 Å². The zero-order valence-electron chi connectivity index (χ0n) is 11.6. The van der Waals surface area contributed by atoms with Crippen molar-refractivity contribution < 1.29 is 14.7 Å². The van der Waals surface area contributed by atoms with E-state index in [1.807, 2.05) is 0 Å². The molecule has 3 rings (SSSR count). The zero-order valence-corrected chi connectivity index (χ0v) is 11.6. The Morgan fingerprint density at radius 1 is 1.38 bits per heavy atom. The Morgan fingerprint density at radius 2 is 2.19 bits per heavy atom. The Labute approximate surface area is 120 Å². The van der Waals surface area contributed by atoms with Crippen molar-refractivity contribution in [3.63, 3.8) is 0 Å². The second kappa shape index (κ2) is 4.80. The summed E-state index contributed by atoms with van der Waals surface area (Å²) in [5.41, 5.74) is -1.21. The van der Waals surface area contributed by atoms with Gasteiger partial charge in [0, 0.05) is 18.9 Å². The van der Waals surface area contributed by atoms with Crippen molar-refractivity contribution >= 4 is 17.7 Å². The van der Waals surface area contributed by atoms with Crippen molar-refractivity contribution in [3.8, 4) is 0 Å². The van der Waals surface area contributed by atoms with Gasteiger partial charge in [0.2, 0.25) is 5.82 Å². The van der Waals surface area contributed by atoms with Gasteiger partial charge in [0.1, 0.15) is 5.54 Å². The lowest BCUT2D eigenvalue weighted by Gasteiger charge is -2.40. The number of hydrogen-bond acceptors (Lipinski definition) is 5. The molecule has 8 heteroatoms. The average molecular weight is 289 g/mol. The molecule has 0 saturated carbocycles. The second-order valence-corrected chi connectivity index (χ2v) is 5.29. The third-order valence-corrected chi connectivity index (χ3v) is 3.90. The Morgan fingerprint density at radius 3 is 2.90 bits per heavy atom. The van der Waals surface area contributed by atoms with Crippen LogP contribution in [0.3, 0.4) is 0 Å². The molecule has 0 aromatic carbocycles. The molecule has 0 spiro atoms. The third kappa shape index (κ3) is 2.12. The lowest BCUT2D eigenvalue weighted by Crippen LogP contribution is -2.57. The molecule has 1 saturated heterocycles. The fourth-order valence-electron chi connectivity index (χ4n) is 2.61. The van der Waals surface area contributed by atoms with Gasteiger partial charge in [0.15, 0.2) is 0 Å². The van der Waals surface area contributed by atoms with Crippen molar-refractivity contribution in [1.29, 1.82) is 0 Å². The van der Waals surface area contributed by atoms with E-state index in [2.05, 4.69) is 15.1 Å². The summed E-state index contributed by atoms with van der Waals surface area (Å²) in [6, 6.07) is 1.68. The van der Waals surface area contributed by atoms with Gasteiger partial charge in [-0.25, -0.2) is 14.3 Å². The van der Waals surface area contributed by atoms with Gasteiger partial charge in [-0.15, -0.1) is 5.10 Å². The molecule has 1 atom stereocenters. The molecule has 110 valence electrons. The Balaban J connectivity index is 1.97. The molecule has 1 aliphatic heterocycles. The van der Waals surface area contributed by atoms with Crippen molar-refractivity contribution in [2.24, 2.45) is 0 Å². The fraction of sp³-hybridized carbons (Fsp3) is 0.462. The van der Waals surface area contributed by atoms with Crippen LogP contribution in [0.1, 0.15) is 36.8 Å². The van der Waals surface area contributed by atoms with E-state index in [-0.39, 0.29) is 5.82 Å². The van der Waals surface area contributed by atoms with E-state index in [1.165, 1.54) is 9.42 Å². The van der Waals surface area contributed by atoms with Gasteiger partial charge in [-0.2, -0.15) is 4.98 Å². The highest BCUT2D eigenvalue weighted by atomic mass is 16.4. The monoisotopic (exact) mass is 289 g/mol. The fourth-order valence-corrected chi connectivity index (χ4v) is 2.61. The van der Waals surface area contributed by atoms with Crippen LogP contribution in [-0.2, 0) is 4.79 Å². The smallest absolute Gasteiger partial charge is 0.329 e. The standard InChI is InChI=1S/C13H15N5O3/c1-13(11(20)21)5-2-3-7-17(13)10(19)9-15-12-14-6-4-8-18(12)16-9/h4,6,8H,2-3,5,7H2,1H3,(H,20,21)/t13-/m0/s1. The van der Waals surface area contributed by atoms with Gasteiger partial charge >= 0.3 is 5.97 Å². The van der Waals surface area contributed by atoms with Crippen molar-refractivity contribution in [2.75, 3.05) is 6.54 Å². The van der Waals surface area contributed by atoms with E-state index < -0.39 is 17.4 Å². The molecule has 2 aromatic rings. The summed E-state index contributed by atoms with van der Waals surface area (Å²) in [7, 11) is 0. The van der Waals surface area contributed by atoms with Crippen molar-refractivity contribution in [2.45, 2.75) is 31.7 Å². The molecule has 8 nitrogen and oxygen atoms in total. The summed E-state index contributed by atoms with van der Waals surface area (Å²) in [5, 5.41) is 13.5. The highest BCUT2D eigenvalue weighted by Crippen LogP contribution is 2.29. The summed E-state index contributed by atoms with van der Waals surface area (Å²) in [5.74, 6) is -1.18. The largest absolute Gasteiger partial charge is 0.480 e. The van der Waals surface area contributed by atoms with E-state index in [9.17, 15) is 14.7 Å². The molecule has 0 unspecified atom stereocenters. The number of rotatable bonds is 2. The average Bonchev–Trinajstić information content (AvgIpc) is 2.91. The molecule has 1 N–H and O–H groups in total. The lowest BCUT2D eigenvalue weighted by molar-refractivity contribution is -0.150. The van der Waals surface area contributed by atoms with Crippen LogP contribution in [0.25, 0.3) is 5.78 Å². The molecule has 1 fully saturated rings. The molecule has 21 heavy (non-hydrogen) atoms. The zero-order chi connectivity index (χ0) is 15.0. The van der Waals surface area contributed by atoms with Crippen LogP contribution in [0.2, 0.25) is 0 Å². The van der Waals surface area contributed by atoms with Gasteiger partial charge in [0.05, 0.1) is 0 Å². The maximum Gasteiger partial charge on any atom is 0.329 e. The van der Waals surface area contributed by atoms with Gasteiger partial charge in [-0.1, -0.05) is 0 Å². The van der Waals surface area contributed by atoms with Crippen LogP contribution >= 0.6 is 0 Å². The van der Waals surface area contributed by atoms with Crippen LogP contribution < -0.4 is 0 Å². The number of likely N-dealkylation sites (tertiary alicyclic amines) is 1. The van der Waals surface area contributed by atoms with Crippen LogP contribution in [0, 0.1) is 0 Å². The predicted molar refractivity (Wildman–Crippen MR) is 71.7 cm³/mol. The first-order valence-corrected chi connectivity index (χ1v) is 6.75. The van der Waals surface area contributed by atoms with Crippen molar-refractivity contribution in [1.82, 2.24) is 24.5 Å². The number of piperidine rings is 1. The Kier molecular flexibility index (Phi) is 3.08. The number of carboxylic acids is 1. The summed E-state index contributed by atoms with van der Waals surface area (Å²) in [6.45, 7) is 1.96. The molecule has 2 aromatic heterocycles. The molecule has 0 radical (unpaired) electrons. The quantitative estimate of drug-likeness (QED) is 0.868. The van der Waals surface area contributed by atoms with Gasteiger partial charge < -0.3 is 10.0 Å². The number of carboxylic acid groups (broad SMARTS) is 1. The van der Waals surface area contributed by atoms with Gasteiger partial charge in [0.25, 0.3) is 11.7 Å². The SMILES string of the molecule is C[C@@]1(C(=O)O)CCCCN1C(=O)c1nc2ncccn2n1. The second-order valence-electron chi connectivity index (χ2n) is 5.29. The predicted octanol–water partition coefficient (Wildman–Crippen LogP) is 0.594. The number of hydrogen-bond donors (Lipinski definition) is 1. The topological polar surface area (TPSA) is 101 Å². The van der Waals surface area contributed by atoms with E-state index in [0.29, 0.717) is 18.7 Å². The maximum absolute atomic E-state index is 12.6. The van der Waals surface area contributed by atoms with E-state index in [1.54, 1.807) is 25.4 Å². The lowest BCUT2D eigenvalue weighted by atomic mass is 9.88. The number of aliphatic carboxylic acids is 1. The molecule has 1 aliphatic rings. The molecule has 1 amide bonds. The van der Waals surface area contributed by atoms with Gasteiger partial charge in [-0.05, 0) is 32.3 Å². The first-order valence-electron chi connectivity index (χ1n) is 6.75. The number of fused-ring (bicyclic) bond motifs is 1. The number of carbonyl (C=O) groups excluding carboxylic acids is 1. The molecule has 0 bridgehead atoms. The van der Waals surface area contributed by atoms with E-state index in [4.69, 9.17) is 0 Å². The third-order valence-electron chi connectivity index (χ3n) is 3.90. The number of aromatic nitrogens is 4. The summed E-state index contributed by atoms with van der Waals surface area (Å²) in [4.78, 5) is 33.6. The number of carbonyl (C=O) groups is 2. The Bertz CT molecular complexity index is 680. The van der Waals surface area contributed by atoms with E-state index >= 15 is 0 Å². The van der Waals surface area contributed by atoms with Gasteiger partial charge in [-0.3, -0.25) is 4.79 Å². The van der Waals surface area contributed by atoms with Crippen LogP contribution in [0.4, 0.5) is 0 Å². The van der Waals surface area contributed by atoms with E-state index in [0.717, 1.165) is 12.8 Å². The normalized spacial score (nSPS) is 22.4. The summed E-state index contributed by atoms with van der Waals surface area (Å²) >= 11 is 0. The molecule has 3 heterocycles. The highest BCUT2D eigenvalue weighted by molar-refractivity contribution is 5.95. The first-order chi connectivity index (χ1) is 10.0. The first kappa shape index (κ1) is 13.5. The summed E-state index contributed by atoms with van der Waals surface area (Å²) in [6.07, 6.45) is 5.19. The highest BCUT2D eigenvalue weighted by Gasteiger charge is 2.45. The number of amides is 1. The molecular weight excluding hydrogens is 274 g/mol. The molecule has 0 aliphatic carbocycles. The summed E-state index contributed by atoms with van der Waals surface area (Å²) < 4.78 is 1.40. The minimum absolute atomic E-state index is 0.0249. The van der Waals surface area contributed by atoms with Crippen LogP contribution in [0.15, 0.2) is 18.5 Å². The number of nitrogens with zero attached hydrogens (tertiary/aromatic N) is 5.